The molecule has 3 heterocycles. The number of alkyl halides is 1. The van der Waals surface area contributed by atoms with Crippen molar-refractivity contribution in [3.63, 3.8) is 0 Å². The minimum atomic E-state index is -1.21. The molecule has 41 heavy (non-hydrogen) atoms. The van der Waals surface area contributed by atoms with Gasteiger partial charge < -0.3 is 24.5 Å². The molecular weight excluding hydrogens is 586 g/mol. The third-order valence-corrected chi connectivity index (χ3v) is 9.61. The molecule has 2 aromatic rings. The predicted molar refractivity (Wildman–Crippen MR) is 163 cm³/mol. The predicted octanol–water partition coefficient (Wildman–Crippen LogP) is 3.91. The lowest BCUT2D eigenvalue weighted by Gasteiger charge is -2.38. The molecule has 3 saturated heterocycles. The van der Waals surface area contributed by atoms with Gasteiger partial charge >= 0.3 is 0 Å². The first-order valence-electron chi connectivity index (χ1n) is 14.3. The van der Waals surface area contributed by atoms with Crippen molar-refractivity contribution in [2.45, 2.75) is 55.3 Å². The van der Waals surface area contributed by atoms with Gasteiger partial charge in [0.15, 0.2) is 0 Å². The van der Waals surface area contributed by atoms with Crippen molar-refractivity contribution >= 4 is 50.1 Å². The van der Waals surface area contributed by atoms with Crippen LogP contribution in [0, 0.1) is 11.8 Å². The molecule has 0 aliphatic carbocycles. The van der Waals surface area contributed by atoms with Crippen molar-refractivity contribution < 1.29 is 24.2 Å². The number of carbonyl (C=O) groups is 3. The Bertz CT molecular complexity index is 1370. The van der Waals surface area contributed by atoms with Crippen LogP contribution >= 0.6 is 15.9 Å². The number of benzene rings is 2. The Hall–Kier alpha value is -3.01. The zero-order valence-electron chi connectivity index (χ0n) is 23.6. The number of amides is 3. The number of rotatable bonds is 11. The summed E-state index contributed by atoms with van der Waals surface area (Å²) in [6, 6.07) is 12.0. The number of nitrogens with zero attached hydrogens (tertiary/aromatic N) is 3. The molecule has 8 nitrogen and oxygen atoms in total. The van der Waals surface area contributed by atoms with Crippen molar-refractivity contribution in [1.29, 1.82) is 0 Å². The van der Waals surface area contributed by atoms with Gasteiger partial charge in [-0.1, -0.05) is 65.3 Å². The Morgan fingerprint density at radius 3 is 2.54 bits per heavy atom. The van der Waals surface area contributed by atoms with Crippen LogP contribution in [0.25, 0.3) is 10.8 Å². The fourth-order valence-electron chi connectivity index (χ4n) is 7.06. The topological polar surface area (TPSA) is 90.4 Å². The first-order chi connectivity index (χ1) is 19.7. The van der Waals surface area contributed by atoms with E-state index in [9.17, 15) is 19.5 Å². The van der Waals surface area contributed by atoms with Crippen molar-refractivity contribution in [2.75, 3.05) is 31.1 Å². The number of ether oxygens (including phenoxy) is 1. The maximum absolute atomic E-state index is 14.7. The number of fused-ring (bicyclic) bond motifs is 2. The van der Waals surface area contributed by atoms with Crippen molar-refractivity contribution in [3.8, 4) is 0 Å². The highest BCUT2D eigenvalue weighted by molar-refractivity contribution is 9.09. The van der Waals surface area contributed by atoms with Gasteiger partial charge in [0.1, 0.15) is 11.6 Å². The fraction of sp³-hybridized carbons (Fsp3) is 0.469. The Kier molecular flexibility index (Phi) is 8.41. The summed E-state index contributed by atoms with van der Waals surface area (Å²) in [5, 5.41) is 12.2. The minimum absolute atomic E-state index is 0.164. The summed E-state index contributed by atoms with van der Waals surface area (Å²) in [6.45, 7) is 12.2. The van der Waals surface area contributed by atoms with E-state index in [2.05, 4.69) is 29.1 Å². The van der Waals surface area contributed by atoms with Gasteiger partial charge in [0.25, 0.3) is 5.91 Å². The van der Waals surface area contributed by atoms with E-state index < -0.39 is 35.6 Å². The van der Waals surface area contributed by atoms with E-state index in [4.69, 9.17) is 4.74 Å². The van der Waals surface area contributed by atoms with Crippen LogP contribution in [-0.2, 0) is 19.1 Å². The van der Waals surface area contributed by atoms with Gasteiger partial charge in [-0.2, -0.15) is 0 Å². The quantitative estimate of drug-likeness (QED) is 0.303. The molecule has 2 bridgehead atoms. The molecule has 9 heteroatoms. The molecule has 7 atom stereocenters. The van der Waals surface area contributed by atoms with E-state index in [0.29, 0.717) is 25.2 Å². The number of anilines is 1. The smallest absolute Gasteiger partial charge is 0.253 e. The van der Waals surface area contributed by atoms with E-state index >= 15 is 0 Å². The molecule has 1 N–H and O–H groups in total. The van der Waals surface area contributed by atoms with Gasteiger partial charge in [0.2, 0.25) is 11.8 Å². The number of aliphatic hydroxyl groups excluding tert-OH is 1. The zero-order chi connectivity index (χ0) is 29.5. The van der Waals surface area contributed by atoms with E-state index in [1.807, 2.05) is 49.4 Å². The van der Waals surface area contributed by atoms with Crippen molar-refractivity contribution in [1.82, 2.24) is 9.80 Å². The molecule has 3 fully saturated rings. The molecule has 0 aromatic heterocycles. The van der Waals surface area contributed by atoms with E-state index in [0.717, 1.165) is 17.2 Å². The molecular formula is C32H38BrN3O5. The molecule has 0 saturated carbocycles. The highest BCUT2D eigenvalue weighted by atomic mass is 79.9. The molecule has 218 valence electrons. The second-order valence-electron chi connectivity index (χ2n) is 11.3. The van der Waals surface area contributed by atoms with Crippen LogP contribution in [0.15, 0.2) is 67.8 Å². The summed E-state index contributed by atoms with van der Waals surface area (Å²) in [5.41, 5.74) is -0.535. The minimum Gasteiger partial charge on any atom is -0.394 e. The number of halogens is 1. The average Bonchev–Trinajstić information content (AvgIpc) is 3.57. The third kappa shape index (κ3) is 4.72. The van der Waals surface area contributed by atoms with Crippen molar-refractivity contribution in [3.05, 3.63) is 67.8 Å². The molecule has 0 radical (unpaired) electrons. The monoisotopic (exact) mass is 623 g/mol. The number of aliphatic hydroxyl groups is 1. The van der Waals surface area contributed by atoms with Gasteiger partial charge in [-0.05, 0) is 42.7 Å². The average molecular weight is 625 g/mol. The molecule has 3 aliphatic heterocycles. The summed E-state index contributed by atoms with van der Waals surface area (Å²) in [7, 11) is 0. The number of hydrogen-bond donors (Lipinski definition) is 1. The third-order valence-electron chi connectivity index (χ3n) is 8.76. The number of likely N-dealkylation sites (tertiary alicyclic amines) is 1. The zero-order valence-corrected chi connectivity index (χ0v) is 25.2. The molecule has 3 unspecified atom stereocenters. The summed E-state index contributed by atoms with van der Waals surface area (Å²) in [6.07, 6.45) is 3.95. The van der Waals surface area contributed by atoms with Crippen LogP contribution < -0.4 is 4.90 Å². The van der Waals surface area contributed by atoms with Crippen LogP contribution in [0.5, 0.6) is 0 Å². The fourth-order valence-corrected chi connectivity index (χ4v) is 8.01. The standard InChI is InChI=1S/C32H38BrN3O5/c1-5-14-34(15-6-2)29(38)25-26-30(39)36(20(4)19-37)28(32(26)18-24(33)27(25)41-32)31(40)35(16-7-3)23-13-12-21-10-8-9-11-22(21)17-23/h5,7-13,17,20,24-28,37H,1,3,6,14-16,18-19H2,2,4H3/t20-,24?,25+,26+,27+,28?,32?/m1/s1. The second-order valence-corrected chi connectivity index (χ2v) is 12.5. The van der Waals surface area contributed by atoms with Crippen LogP contribution in [0.2, 0.25) is 0 Å². The molecule has 1 spiro atoms. The Morgan fingerprint density at radius 2 is 1.88 bits per heavy atom. The van der Waals surface area contributed by atoms with Gasteiger partial charge in [-0.25, -0.2) is 0 Å². The van der Waals surface area contributed by atoms with Crippen molar-refractivity contribution in [2.24, 2.45) is 11.8 Å². The van der Waals surface area contributed by atoms with Gasteiger partial charge in [0.05, 0.1) is 30.6 Å². The molecule has 3 aliphatic rings. The van der Waals surface area contributed by atoms with E-state index in [-0.39, 0.29) is 35.7 Å². The Balaban J connectivity index is 1.60. The first kappa shape index (κ1) is 29.5. The summed E-state index contributed by atoms with van der Waals surface area (Å²) in [4.78, 5) is 47.6. The summed E-state index contributed by atoms with van der Waals surface area (Å²) >= 11 is 3.74. The van der Waals surface area contributed by atoms with Crippen LogP contribution in [0.3, 0.4) is 0 Å². The Labute approximate surface area is 249 Å². The second kappa shape index (κ2) is 11.7. The normalized spacial score (nSPS) is 28.9. The summed E-state index contributed by atoms with van der Waals surface area (Å²) in [5.74, 6) is -2.38. The van der Waals surface area contributed by atoms with Crippen LogP contribution in [0.1, 0.15) is 26.7 Å². The SMILES string of the molecule is C=CCN(CCC)C(=O)[C@H]1[C@H]2C(=O)N([C@H](C)CO)C(C(=O)N(CC=C)c3ccc4ccccc4c3)C23CC(Br)[C@@H]1O3. The summed E-state index contributed by atoms with van der Waals surface area (Å²) < 4.78 is 6.66. The van der Waals surface area contributed by atoms with E-state index in [1.165, 1.54) is 4.90 Å². The first-order valence-corrected chi connectivity index (χ1v) is 15.2. The van der Waals surface area contributed by atoms with Crippen LogP contribution in [0.4, 0.5) is 5.69 Å². The number of carbonyl (C=O) groups excluding carboxylic acids is 3. The lowest BCUT2D eigenvalue weighted by Crippen LogP contribution is -2.59. The van der Waals surface area contributed by atoms with Gasteiger partial charge in [0, 0.05) is 30.1 Å². The maximum Gasteiger partial charge on any atom is 0.253 e. The van der Waals surface area contributed by atoms with Gasteiger partial charge in [-0.3, -0.25) is 14.4 Å². The van der Waals surface area contributed by atoms with E-state index in [1.54, 1.807) is 28.9 Å². The lowest BCUT2D eigenvalue weighted by molar-refractivity contribution is -0.147. The maximum atomic E-state index is 14.7. The molecule has 3 amide bonds. The largest absolute Gasteiger partial charge is 0.394 e. The van der Waals surface area contributed by atoms with Crippen LogP contribution in [-0.4, -0.2) is 87.5 Å². The molecule has 5 rings (SSSR count). The Morgan fingerprint density at radius 1 is 1.17 bits per heavy atom. The lowest BCUT2D eigenvalue weighted by atomic mass is 9.70. The highest BCUT2D eigenvalue weighted by Crippen LogP contribution is 2.61. The van der Waals surface area contributed by atoms with Gasteiger partial charge in [-0.15, -0.1) is 13.2 Å². The highest BCUT2D eigenvalue weighted by Gasteiger charge is 2.77. The molecule has 2 aromatic carbocycles. The number of hydrogen-bond acceptors (Lipinski definition) is 5.